The lowest BCUT2D eigenvalue weighted by Crippen LogP contribution is -2.30. The number of nitrogen functional groups attached to an aromatic ring is 1. The number of hydrogen-bond donors (Lipinski definition) is 2. The number of nitrogens with two attached hydrogens (primary N) is 1. The van der Waals surface area contributed by atoms with Gasteiger partial charge in [0, 0.05) is 0 Å². The van der Waals surface area contributed by atoms with E-state index in [1.165, 1.54) is 0 Å². The minimum absolute atomic E-state index is 0.233. The van der Waals surface area contributed by atoms with Crippen LogP contribution in [0.2, 0.25) is 0 Å². The zero-order valence-corrected chi connectivity index (χ0v) is 11.6. The number of aryl methyl sites for hydroxylation is 1. The molecule has 4 nitrogen and oxygen atoms in total. The van der Waals surface area contributed by atoms with Crippen LogP contribution in [-0.2, 0) is 4.79 Å². The molecule has 0 aromatic heterocycles. The molecule has 0 aliphatic carbocycles. The maximum Gasteiger partial charge on any atom is 0.265 e. The molecule has 2 rings (SSSR count). The summed E-state index contributed by atoms with van der Waals surface area (Å²) in [6, 6.07) is 14.7. The van der Waals surface area contributed by atoms with Crippen molar-refractivity contribution in [2.45, 2.75) is 20.0 Å². The molecule has 1 amide bonds. The Morgan fingerprint density at radius 3 is 2.45 bits per heavy atom. The molecule has 0 fully saturated rings. The van der Waals surface area contributed by atoms with Gasteiger partial charge in [-0.05, 0) is 38.1 Å². The quantitative estimate of drug-likeness (QED) is 0.839. The molecule has 2 aromatic carbocycles. The predicted octanol–water partition coefficient (Wildman–Crippen LogP) is 2.98. The van der Waals surface area contributed by atoms with Gasteiger partial charge in [-0.2, -0.15) is 0 Å². The standard InChI is InChI=1S/C16H18N2O2/c1-11-7-9-13(10-8-11)20-12(2)16(19)18-15-6-4-3-5-14(15)17/h3-10,12H,17H2,1-2H3,(H,18,19). The smallest absolute Gasteiger partial charge is 0.265 e. The number of anilines is 2. The lowest BCUT2D eigenvalue weighted by molar-refractivity contribution is -0.122. The molecule has 0 aliphatic heterocycles. The first-order valence-electron chi connectivity index (χ1n) is 6.45. The van der Waals surface area contributed by atoms with Crippen LogP contribution in [0.1, 0.15) is 12.5 Å². The minimum atomic E-state index is -0.600. The molecule has 20 heavy (non-hydrogen) atoms. The molecule has 0 radical (unpaired) electrons. The number of benzene rings is 2. The van der Waals surface area contributed by atoms with Gasteiger partial charge < -0.3 is 15.8 Å². The van der Waals surface area contributed by atoms with Gasteiger partial charge in [-0.25, -0.2) is 0 Å². The van der Waals surface area contributed by atoms with Crippen molar-refractivity contribution in [1.82, 2.24) is 0 Å². The fraction of sp³-hybridized carbons (Fsp3) is 0.188. The van der Waals surface area contributed by atoms with Crippen LogP contribution < -0.4 is 15.8 Å². The molecule has 0 saturated heterocycles. The Labute approximate surface area is 118 Å². The first kappa shape index (κ1) is 13.9. The first-order valence-corrected chi connectivity index (χ1v) is 6.45. The molecule has 0 aliphatic rings. The van der Waals surface area contributed by atoms with Crippen LogP contribution in [0.5, 0.6) is 5.75 Å². The van der Waals surface area contributed by atoms with E-state index in [0.29, 0.717) is 17.1 Å². The molecule has 0 bridgehead atoms. The molecule has 0 heterocycles. The van der Waals surface area contributed by atoms with E-state index < -0.39 is 6.10 Å². The van der Waals surface area contributed by atoms with Crippen molar-refractivity contribution in [3.63, 3.8) is 0 Å². The van der Waals surface area contributed by atoms with Gasteiger partial charge in [-0.15, -0.1) is 0 Å². The lowest BCUT2D eigenvalue weighted by Gasteiger charge is -2.15. The second-order valence-electron chi connectivity index (χ2n) is 4.65. The second-order valence-corrected chi connectivity index (χ2v) is 4.65. The van der Waals surface area contributed by atoms with Crippen molar-refractivity contribution in [3.05, 3.63) is 54.1 Å². The Morgan fingerprint density at radius 2 is 1.80 bits per heavy atom. The number of rotatable bonds is 4. The Morgan fingerprint density at radius 1 is 1.15 bits per heavy atom. The van der Waals surface area contributed by atoms with Gasteiger partial charge in [0.15, 0.2) is 6.10 Å². The van der Waals surface area contributed by atoms with Crippen LogP contribution >= 0.6 is 0 Å². The molecule has 0 saturated carbocycles. The number of para-hydroxylation sites is 2. The van der Waals surface area contributed by atoms with Crippen LogP contribution in [0.15, 0.2) is 48.5 Å². The number of hydrogen-bond acceptors (Lipinski definition) is 3. The number of amides is 1. The number of carbonyl (C=O) groups excluding carboxylic acids is 1. The molecule has 4 heteroatoms. The van der Waals surface area contributed by atoms with Crippen LogP contribution in [0.3, 0.4) is 0 Å². The summed E-state index contributed by atoms with van der Waals surface area (Å²) in [7, 11) is 0. The second kappa shape index (κ2) is 6.10. The number of nitrogens with one attached hydrogen (secondary N) is 1. The highest BCUT2D eigenvalue weighted by molar-refractivity contribution is 5.96. The highest BCUT2D eigenvalue weighted by Gasteiger charge is 2.15. The molecule has 1 atom stereocenters. The third-order valence-corrected chi connectivity index (χ3v) is 2.92. The van der Waals surface area contributed by atoms with E-state index in [2.05, 4.69) is 5.32 Å². The minimum Gasteiger partial charge on any atom is -0.481 e. The van der Waals surface area contributed by atoms with Crippen molar-refractivity contribution in [2.75, 3.05) is 11.1 Å². The van der Waals surface area contributed by atoms with Gasteiger partial charge in [-0.3, -0.25) is 4.79 Å². The molecule has 3 N–H and O–H groups in total. The zero-order chi connectivity index (χ0) is 14.5. The van der Waals surface area contributed by atoms with Crippen molar-refractivity contribution in [1.29, 1.82) is 0 Å². The number of ether oxygens (including phenoxy) is 1. The topological polar surface area (TPSA) is 64.3 Å². The van der Waals surface area contributed by atoms with Crippen LogP contribution in [0.4, 0.5) is 11.4 Å². The highest BCUT2D eigenvalue weighted by atomic mass is 16.5. The average molecular weight is 270 g/mol. The lowest BCUT2D eigenvalue weighted by atomic mass is 10.2. The maximum atomic E-state index is 12.0. The van der Waals surface area contributed by atoms with Crippen molar-refractivity contribution in [2.24, 2.45) is 0 Å². The fourth-order valence-electron chi connectivity index (χ4n) is 1.72. The molecule has 2 aromatic rings. The molecule has 104 valence electrons. The summed E-state index contributed by atoms with van der Waals surface area (Å²) in [5, 5.41) is 2.75. The Bertz CT molecular complexity index is 594. The summed E-state index contributed by atoms with van der Waals surface area (Å²) in [5.41, 5.74) is 8.05. The van der Waals surface area contributed by atoms with Gasteiger partial charge in [0.25, 0.3) is 5.91 Å². The number of carbonyl (C=O) groups is 1. The van der Waals surface area contributed by atoms with E-state index >= 15 is 0 Å². The van der Waals surface area contributed by atoms with Crippen molar-refractivity contribution >= 4 is 17.3 Å². The Kier molecular flexibility index (Phi) is 4.25. The third-order valence-electron chi connectivity index (χ3n) is 2.92. The maximum absolute atomic E-state index is 12.0. The van der Waals surface area contributed by atoms with E-state index in [9.17, 15) is 4.79 Å². The summed E-state index contributed by atoms with van der Waals surface area (Å²) in [6.45, 7) is 3.70. The van der Waals surface area contributed by atoms with Crippen LogP contribution in [-0.4, -0.2) is 12.0 Å². The van der Waals surface area contributed by atoms with Gasteiger partial charge in [0.2, 0.25) is 0 Å². The average Bonchev–Trinajstić information content (AvgIpc) is 2.44. The molecular weight excluding hydrogens is 252 g/mol. The summed E-state index contributed by atoms with van der Waals surface area (Å²) in [5.74, 6) is 0.433. The monoisotopic (exact) mass is 270 g/mol. The predicted molar refractivity (Wildman–Crippen MR) is 80.8 cm³/mol. The van der Waals surface area contributed by atoms with Crippen LogP contribution in [0, 0.1) is 6.92 Å². The summed E-state index contributed by atoms with van der Waals surface area (Å²) in [4.78, 5) is 12.0. The summed E-state index contributed by atoms with van der Waals surface area (Å²) in [6.07, 6.45) is -0.600. The van der Waals surface area contributed by atoms with E-state index in [0.717, 1.165) is 5.56 Å². The Balaban J connectivity index is 1.99. The molecular formula is C16H18N2O2. The fourth-order valence-corrected chi connectivity index (χ4v) is 1.72. The van der Waals surface area contributed by atoms with Gasteiger partial charge >= 0.3 is 0 Å². The van der Waals surface area contributed by atoms with E-state index in [-0.39, 0.29) is 5.91 Å². The first-order chi connectivity index (χ1) is 9.56. The third kappa shape index (κ3) is 3.51. The largest absolute Gasteiger partial charge is 0.481 e. The SMILES string of the molecule is Cc1ccc(OC(C)C(=O)Nc2ccccc2N)cc1. The summed E-state index contributed by atoms with van der Waals surface area (Å²) < 4.78 is 5.59. The normalized spacial score (nSPS) is 11.7. The van der Waals surface area contributed by atoms with E-state index in [1.807, 2.05) is 43.3 Å². The Hall–Kier alpha value is -2.49. The van der Waals surface area contributed by atoms with Crippen molar-refractivity contribution in [3.8, 4) is 5.75 Å². The highest BCUT2D eigenvalue weighted by Crippen LogP contribution is 2.18. The van der Waals surface area contributed by atoms with Gasteiger partial charge in [0.1, 0.15) is 5.75 Å². The molecule has 1 unspecified atom stereocenters. The molecule has 0 spiro atoms. The van der Waals surface area contributed by atoms with Crippen molar-refractivity contribution < 1.29 is 9.53 Å². The summed E-state index contributed by atoms with van der Waals surface area (Å²) >= 11 is 0. The van der Waals surface area contributed by atoms with E-state index in [4.69, 9.17) is 10.5 Å². The van der Waals surface area contributed by atoms with Crippen LogP contribution in [0.25, 0.3) is 0 Å². The zero-order valence-electron chi connectivity index (χ0n) is 11.6. The van der Waals surface area contributed by atoms with Gasteiger partial charge in [-0.1, -0.05) is 29.8 Å². The van der Waals surface area contributed by atoms with E-state index in [1.54, 1.807) is 19.1 Å². The van der Waals surface area contributed by atoms with Gasteiger partial charge in [0.05, 0.1) is 11.4 Å².